The Hall–Kier alpha value is -2.22. The van der Waals surface area contributed by atoms with Crippen LogP contribution in [0, 0.1) is 12.7 Å². The monoisotopic (exact) mass is 360 g/mol. The molecule has 3 rings (SSSR count). The Balaban J connectivity index is 2.32. The van der Waals surface area contributed by atoms with Crippen molar-refractivity contribution in [1.29, 1.82) is 0 Å². The van der Waals surface area contributed by atoms with E-state index >= 15 is 0 Å². The molecule has 1 atom stereocenters. The van der Waals surface area contributed by atoms with Gasteiger partial charge in [0.25, 0.3) is 0 Å². The predicted octanol–water partition coefficient (Wildman–Crippen LogP) is 3.25. The zero-order chi connectivity index (χ0) is 18.0. The van der Waals surface area contributed by atoms with Crippen molar-refractivity contribution >= 4 is 21.9 Å². The zero-order valence-corrected chi connectivity index (χ0v) is 14.4. The molecule has 0 fully saturated rings. The second-order valence-electron chi connectivity index (χ2n) is 5.61. The third-order valence-electron chi connectivity index (χ3n) is 3.92. The summed E-state index contributed by atoms with van der Waals surface area (Å²) >= 11 is -2.31. The molecular weight excluding hydrogens is 343 g/mol. The predicted molar refractivity (Wildman–Crippen MR) is 94.1 cm³/mol. The third-order valence-corrected chi connectivity index (χ3v) is 4.70. The molecule has 0 aliphatic rings. The van der Waals surface area contributed by atoms with Crippen LogP contribution in [0.4, 0.5) is 4.39 Å². The number of rotatable bonds is 5. The summed E-state index contributed by atoms with van der Waals surface area (Å²) in [6.07, 6.45) is 0.776. The molecule has 0 bridgehead atoms. The fourth-order valence-corrected chi connectivity index (χ4v) is 3.54. The maximum Gasteiger partial charge on any atom is 0.190 e. The van der Waals surface area contributed by atoms with Crippen molar-refractivity contribution in [3.8, 4) is 11.3 Å². The molecule has 1 heterocycles. The average molecular weight is 360 g/mol. The van der Waals surface area contributed by atoms with Crippen molar-refractivity contribution in [2.75, 3.05) is 6.61 Å². The van der Waals surface area contributed by atoms with E-state index in [0.717, 1.165) is 0 Å². The molecule has 5 nitrogen and oxygen atoms in total. The van der Waals surface area contributed by atoms with Crippen LogP contribution in [0.15, 0.2) is 41.3 Å². The lowest BCUT2D eigenvalue weighted by Crippen LogP contribution is -2.08. The molecule has 1 unspecified atom stereocenters. The number of aliphatic hydroxyl groups is 1. The first-order valence-corrected chi connectivity index (χ1v) is 8.90. The largest absolute Gasteiger partial charge is 0.396 e. The lowest BCUT2D eigenvalue weighted by atomic mass is 10.0. The number of fused-ring (bicyclic) bond motifs is 1. The van der Waals surface area contributed by atoms with Crippen LogP contribution in [0.3, 0.4) is 0 Å². The van der Waals surface area contributed by atoms with E-state index in [2.05, 4.69) is 9.97 Å². The first-order valence-electron chi connectivity index (χ1n) is 7.79. The topological polar surface area (TPSA) is 83.3 Å². The van der Waals surface area contributed by atoms with Crippen LogP contribution < -0.4 is 0 Å². The highest BCUT2D eigenvalue weighted by molar-refractivity contribution is 7.79. The molecule has 3 aromatic rings. The Morgan fingerprint density at radius 2 is 1.84 bits per heavy atom. The van der Waals surface area contributed by atoms with E-state index in [1.807, 2.05) is 0 Å². The van der Waals surface area contributed by atoms with Crippen LogP contribution in [0.1, 0.15) is 17.9 Å². The molecule has 0 spiro atoms. The van der Waals surface area contributed by atoms with Gasteiger partial charge in [-0.2, -0.15) is 0 Å². The molecule has 0 radical (unpaired) electrons. The quantitative estimate of drug-likeness (QED) is 0.683. The molecule has 130 valence electrons. The van der Waals surface area contributed by atoms with Gasteiger partial charge in [-0.1, -0.05) is 24.3 Å². The minimum Gasteiger partial charge on any atom is -0.396 e. The minimum absolute atomic E-state index is 0.0463. The van der Waals surface area contributed by atoms with Crippen molar-refractivity contribution in [2.24, 2.45) is 0 Å². The standard InChI is InChI=1S/C18H17FN2O3S/c1-11-20-16(7-4-10-22)18(25(23)24)17(21-11)14-8-9-15(19)13-6-3-2-5-12(13)14/h2-3,5-6,8-9,22H,4,7,10H2,1H3,(H,23,24). The van der Waals surface area contributed by atoms with E-state index in [1.54, 1.807) is 37.3 Å². The molecule has 0 aliphatic heterocycles. The van der Waals surface area contributed by atoms with Gasteiger partial charge in [-0.3, -0.25) is 0 Å². The number of nitrogens with zero attached hydrogens (tertiary/aromatic N) is 2. The summed E-state index contributed by atoms with van der Waals surface area (Å²) in [6, 6.07) is 9.81. The lowest BCUT2D eigenvalue weighted by Gasteiger charge is -2.14. The fraction of sp³-hybridized carbons (Fsp3) is 0.222. The second-order valence-corrected chi connectivity index (χ2v) is 6.52. The molecule has 1 aromatic heterocycles. The van der Waals surface area contributed by atoms with Crippen LogP contribution in [-0.4, -0.2) is 30.4 Å². The highest BCUT2D eigenvalue weighted by Gasteiger charge is 2.21. The Labute approximate surface area is 146 Å². The molecule has 7 heteroatoms. The highest BCUT2D eigenvalue weighted by atomic mass is 32.2. The SMILES string of the molecule is Cc1nc(CCCO)c(S(=O)O)c(-c2ccc(F)c3ccccc23)n1. The number of hydrogen-bond donors (Lipinski definition) is 2. The van der Waals surface area contributed by atoms with Crippen LogP contribution >= 0.6 is 0 Å². The fourth-order valence-electron chi connectivity index (χ4n) is 2.87. The number of benzene rings is 2. The molecule has 2 aromatic carbocycles. The van der Waals surface area contributed by atoms with E-state index in [4.69, 9.17) is 5.11 Å². The molecule has 0 amide bonds. The van der Waals surface area contributed by atoms with Gasteiger partial charge in [0.15, 0.2) is 11.1 Å². The van der Waals surface area contributed by atoms with Gasteiger partial charge in [-0.15, -0.1) is 0 Å². The third kappa shape index (κ3) is 3.44. The average Bonchev–Trinajstić information content (AvgIpc) is 2.59. The van der Waals surface area contributed by atoms with E-state index in [1.165, 1.54) is 6.07 Å². The van der Waals surface area contributed by atoms with Gasteiger partial charge in [0.2, 0.25) is 0 Å². The Bertz CT molecular complexity index is 962. The van der Waals surface area contributed by atoms with Crippen molar-refractivity contribution < 1.29 is 18.3 Å². The summed E-state index contributed by atoms with van der Waals surface area (Å²) in [6.45, 7) is 1.65. The van der Waals surface area contributed by atoms with Crippen molar-refractivity contribution in [3.63, 3.8) is 0 Å². The van der Waals surface area contributed by atoms with Crippen LogP contribution in [0.2, 0.25) is 0 Å². The maximum atomic E-state index is 14.1. The van der Waals surface area contributed by atoms with Gasteiger partial charge < -0.3 is 9.66 Å². The summed E-state index contributed by atoms with van der Waals surface area (Å²) in [5.41, 5.74) is 1.31. The summed E-state index contributed by atoms with van der Waals surface area (Å²) in [4.78, 5) is 8.74. The van der Waals surface area contributed by atoms with Gasteiger partial charge in [-0.05, 0) is 37.3 Å². The van der Waals surface area contributed by atoms with Gasteiger partial charge >= 0.3 is 0 Å². The van der Waals surface area contributed by atoms with Crippen LogP contribution in [0.25, 0.3) is 22.0 Å². The first kappa shape index (κ1) is 17.6. The summed E-state index contributed by atoms with van der Waals surface area (Å²) in [7, 11) is 0. The van der Waals surface area contributed by atoms with E-state index < -0.39 is 11.1 Å². The Morgan fingerprint density at radius 1 is 1.12 bits per heavy atom. The zero-order valence-electron chi connectivity index (χ0n) is 13.6. The van der Waals surface area contributed by atoms with E-state index in [-0.39, 0.29) is 17.3 Å². The second kappa shape index (κ2) is 7.35. The smallest absolute Gasteiger partial charge is 0.190 e. The Kier molecular flexibility index (Phi) is 5.17. The normalized spacial score (nSPS) is 12.5. The molecule has 25 heavy (non-hydrogen) atoms. The molecule has 2 N–H and O–H groups in total. The molecule has 0 aliphatic carbocycles. The number of aliphatic hydroxyl groups excluding tert-OH is 1. The highest BCUT2D eigenvalue weighted by Crippen LogP contribution is 2.33. The Morgan fingerprint density at radius 3 is 2.52 bits per heavy atom. The summed E-state index contributed by atoms with van der Waals surface area (Å²) in [5, 5.41) is 10.1. The van der Waals surface area contributed by atoms with Crippen molar-refractivity contribution in [2.45, 2.75) is 24.7 Å². The summed E-state index contributed by atoms with van der Waals surface area (Å²) in [5.74, 6) is 0.0860. The van der Waals surface area contributed by atoms with Crippen molar-refractivity contribution in [1.82, 2.24) is 9.97 Å². The number of halogens is 1. The maximum absolute atomic E-state index is 14.1. The van der Waals surface area contributed by atoms with Crippen molar-refractivity contribution in [3.05, 3.63) is 53.7 Å². The first-order chi connectivity index (χ1) is 12.0. The lowest BCUT2D eigenvalue weighted by molar-refractivity contribution is 0.287. The summed E-state index contributed by atoms with van der Waals surface area (Å²) < 4.78 is 35.9. The molecule has 0 saturated heterocycles. The van der Waals surface area contributed by atoms with E-state index in [0.29, 0.717) is 46.4 Å². The van der Waals surface area contributed by atoms with Gasteiger partial charge in [0.1, 0.15) is 16.5 Å². The van der Waals surface area contributed by atoms with Crippen LogP contribution in [0.5, 0.6) is 0 Å². The van der Waals surface area contributed by atoms with Gasteiger partial charge in [0.05, 0.1) is 11.4 Å². The molecular formula is C18H17FN2O3S. The number of aryl methyl sites for hydroxylation is 2. The van der Waals surface area contributed by atoms with Gasteiger partial charge in [0, 0.05) is 17.6 Å². The molecule has 0 saturated carbocycles. The minimum atomic E-state index is -2.31. The van der Waals surface area contributed by atoms with E-state index in [9.17, 15) is 13.2 Å². The van der Waals surface area contributed by atoms with Gasteiger partial charge in [-0.25, -0.2) is 18.6 Å². The number of hydrogen-bond acceptors (Lipinski definition) is 4. The number of aromatic nitrogens is 2. The van der Waals surface area contributed by atoms with Crippen LogP contribution in [-0.2, 0) is 17.5 Å².